The molecule has 16 heavy (non-hydrogen) atoms. The van der Waals surface area contributed by atoms with E-state index in [1.165, 1.54) is 0 Å². The van der Waals surface area contributed by atoms with Crippen molar-refractivity contribution in [3.05, 3.63) is 68.6 Å². The molecule has 0 bridgehead atoms. The zero-order chi connectivity index (χ0) is 11.4. The van der Waals surface area contributed by atoms with E-state index in [1.807, 2.05) is 48.5 Å². The van der Waals surface area contributed by atoms with Crippen LogP contribution < -0.4 is 0 Å². The third kappa shape index (κ3) is 3.23. The van der Waals surface area contributed by atoms with Crippen LogP contribution in [0.2, 0.25) is 0 Å². The van der Waals surface area contributed by atoms with Gasteiger partial charge in [-0.05, 0) is 42.5 Å². The lowest BCUT2D eigenvalue weighted by molar-refractivity contribution is 1.58. The predicted molar refractivity (Wildman–Crippen MR) is 74.3 cm³/mol. The zero-order valence-electron chi connectivity index (χ0n) is 8.37. The van der Waals surface area contributed by atoms with E-state index in [-0.39, 0.29) is 0 Å². The fourth-order valence-corrected chi connectivity index (χ4v) is 1.91. The van der Waals surface area contributed by atoms with Crippen molar-refractivity contribution in [2.45, 2.75) is 0 Å². The highest BCUT2D eigenvalue weighted by atomic mass is 79.9. The standard InChI is InChI=1S/C14H8Br2/c15-13-8-6-11(7-9-13)4-5-12-2-1-3-14(16)10-12/h1-3,6-10H. The third-order valence-electron chi connectivity index (χ3n) is 2.02. The van der Waals surface area contributed by atoms with Crippen LogP contribution in [-0.2, 0) is 0 Å². The van der Waals surface area contributed by atoms with Crippen LogP contribution in [0.15, 0.2) is 57.5 Å². The molecule has 0 heterocycles. The van der Waals surface area contributed by atoms with Crippen LogP contribution in [0.4, 0.5) is 0 Å². The minimum atomic E-state index is 1.01. The second-order valence-corrected chi connectivity index (χ2v) is 5.10. The SMILES string of the molecule is Brc1ccc(C#Cc2cccc(Br)c2)cc1. The molecule has 0 fully saturated rings. The van der Waals surface area contributed by atoms with Gasteiger partial charge in [0.25, 0.3) is 0 Å². The lowest BCUT2D eigenvalue weighted by Crippen LogP contribution is -1.76. The summed E-state index contributed by atoms with van der Waals surface area (Å²) in [5.41, 5.74) is 2.03. The average molecular weight is 336 g/mol. The third-order valence-corrected chi connectivity index (χ3v) is 3.04. The topological polar surface area (TPSA) is 0 Å². The second-order valence-electron chi connectivity index (χ2n) is 3.27. The predicted octanol–water partition coefficient (Wildman–Crippen LogP) is 4.61. The Kier molecular flexibility index (Phi) is 3.82. The maximum Gasteiger partial charge on any atom is 0.0260 e. The van der Waals surface area contributed by atoms with Crippen molar-refractivity contribution >= 4 is 31.9 Å². The van der Waals surface area contributed by atoms with Gasteiger partial charge in [0.1, 0.15) is 0 Å². The molecule has 0 spiro atoms. The van der Waals surface area contributed by atoms with Crippen molar-refractivity contribution < 1.29 is 0 Å². The molecule has 78 valence electrons. The summed E-state index contributed by atoms with van der Waals surface area (Å²) in [7, 11) is 0. The molecule has 2 aromatic rings. The molecule has 0 aromatic heterocycles. The molecule has 2 rings (SSSR count). The lowest BCUT2D eigenvalue weighted by Gasteiger charge is -1.92. The van der Waals surface area contributed by atoms with Crippen molar-refractivity contribution in [2.75, 3.05) is 0 Å². The minimum Gasteiger partial charge on any atom is -0.0617 e. The Morgan fingerprint density at radius 3 is 2.06 bits per heavy atom. The molecule has 0 radical (unpaired) electrons. The summed E-state index contributed by atoms with van der Waals surface area (Å²) in [6, 6.07) is 15.9. The molecule has 0 N–H and O–H groups in total. The maximum absolute atomic E-state index is 3.42. The van der Waals surface area contributed by atoms with Gasteiger partial charge in [0, 0.05) is 20.1 Å². The number of hydrogen-bond donors (Lipinski definition) is 0. The van der Waals surface area contributed by atoms with Gasteiger partial charge in [0.15, 0.2) is 0 Å². The molecule has 0 aliphatic heterocycles. The van der Waals surface area contributed by atoms with Crippen LogP contribution in [0.1, 0.15) is 11.1 Å². The molecule has 2 heteroatoms. The Hall–Kier alpha value is -1.04. The Balaban J connectivity index is 2.25. The molecule has 0 saturated heterocycles. The van der Waals surface area contributed by atoms with Crippen LogP contribution in [0, 0.1) is 11.8 Å². The Bertz CT molecular complexity index is 545. The van der Waals surface area contributed by atoms with E-state index in [9.17, 15) is 0 Å². The van der Waals surface area contributed by atoms with E-state index in [2.05, 4.69) is 43.7 Å². The molecular weight excluding hydrogens is 328 g/mol. The summed E-state index contributed by atoms with van der Waals surface area (Å²) in [4.78, 5) is 0. The number of hydrogen-bond acceptors (Lipinski definition) is 0. The molecule has 0 unspecified atom stereocenters. The van der Waals surface area contributed by atoms with Gasteiger partial charge < -0.3 is 0 Å². The van der Waals surface area contributed by atoms with Crippen molar-refractivity contribution in [3.63, 3.8) is 0 Å². The fourth-order valence-electron chi connectivity index (χ4n) is 1.24. The van der Waals surface area contributed by atoms with E-state index >= 15 is 0 Å². The fraction of sp³-hybridized carbons (Fsp3) is 0. The van der Waals surface area contributed by atoms with Gasteiger partial charge in [0.05, 0.1) is 0 Å². The molecule has 0 aliphatic carbocycles. The first kappa shape index (κ1) is 11.4. The quantitative estimate of drug-likeness (QED) is 0.617. The largest absolute Gasteiger partial charge is 0.0617 e. The minimum absolute atomic E-state index is 1.01. The van der Waals surface area contributed by atoms with Crippen molar-refractivity contribution in [2.24, 2.45) is 0 Å². The molecular formula is C14H8Br2. The Labute approximate surface area is 112 Å². The number of halogens is 2. The highest BCUT2D eigenvalue weighted by molar-refractivity contribution is 9.10. The van der Waals surface area contributed by atoms with Gasteiger partial charge in [0.2, 0.25) is 0 Å². The summed E-state index contributed by atoms with van der Waals surface area (Å²) < 4.78 is 2.12. The lowest BCUT2D eigenvalue weighted by atomic mass is 10.2. The monoisotopic (exact) mass is 334 g/mol. The molecule has 0 amide bonds. The van der Waals surface area contributed by atoms with Crippen molar-refractivity contribution in [1.82, 2.24) is 0 Å². The first-order valence-corrected chi connectivity index (χ1v) is 6.36. The first-order chi connectivity index (χ1) is 7.74. The van der Waals surface area contributed by atoms with E-state index in [4.69, 9.17) is 0 Å². The summed E-state index contributed by atoms with van der Waals surface area (Å²) in [6.45, 7) is 0. The van der Waals surface area contributed by atoms with Gasteiger partial charge in [-0.3, -0.25) is 0 Å². The summed E-state index contributed by atoms with van der Waals surface area (Å²) >= 11 is 6.82. The van der Waals surface area contributed by atoms with Gasteiger partial charge in [-0.25, -0.2) is 0 Å². The van der Waals surface area contributed by atoms with Crippen molar-refractivity contribution in [1.29, 1.82) is 0 Å². The second kappa shape index (κ2) is 5.34. The van der Waals surface area contributed by atoms with Gasteiger partial charge >= 0.3 is 0 Å². The normalized spacial score (nSPS) is 9.38. The van der Waals surface area contributed by atoms with Gasteiger partial charge in [-0.2, -0.15) is 0 Å². The zero-order valence-corrected chi connectivity index (χ0v) is 11.5. The summed E-state index contributed by atoms with van der Waals surface area (Å²) in [6.07, 6.45) is 0. The average Bonchev–Trinajstić information content (AvgIpc) is 2.28. The molecule has 2 aromatic carbocycles. The maximum atomic E-state index is 3.42. The number of benzene rings is 2. The van der Waals surface area contributed by atoms with E-state index in [0.29, 0.717) is 0 Å². The van der Waals surface area contributed by atoms with Crippen LogP contribution in [0.3, 0.4) is 0 Å². The number of rotatable bonds is 0. The van der Waals surface area contributed by atoms with E-state index in [1.54, 1.807) is 0 Å². The summed E-state index contributed by atoms with van der Waals surface area (Å²) in [5.74, 6) is 6.25. The molecule has 0 saturated carbocycles. The molecule has 0 atom stereocenters. The van der Waals surface area contributed by atoms with Crippen LogP contribution >= 0.6 is 31.9 Å². The highest BCUT2D eigenvalue weighted by Crippen LogP contribution is 2.12. The smallest absolute Gasteiger partial charge is 0.0260 e. The van der Waals surface area contributed by atoms with Crippen LogP contribution in [0.25, 0.3) is 0 Å². The van der Waals surface area contributed by atoms with Crippen LogP contribution in [0.5, 0.6) is 0 Å². The molecule has 0 aliphatic rings. The summed E-state index contributed by atoms with van der Waals surface area (Å²) in [5, 5.41) is 0. The molecule has 0 nitrogen and oxygen atoms in total. The van der Waals surface area contributed by atoms with Gasteiger partial charge in [-0.15, -0.1) is 0 Å². The Morgan fingerprint density at radius 2 is 1.38 bits per heavy atom. The van der Waals surface area contributed by atoms with E-state index in [0.717, 1.165) is 20.1 Å². The van der Waals surface area contributed by atoms with E-state index < -0.39 is 0 Å². The highest BCUT2D eigenvalue weighted by Gasteiger charge is 1.89. The van der Waals surface area contributed by atoms with Crippen LogP contribution in [-0.4, -0.2) is 0 Å². The Morgan fingerprint density at radius 1 is 0.688 bits per heavy atom. The van der Waals surface area contributed by atoms with Crippen molar-refractivity contribution in [3.8, 4) is 11.8 Å². The van der Waals surface area contributed by atoms with Gasteiger partial charge in [-0.1, -0.05) is 49.8 Å². The first-order valence-electron chi connectivity index (χ1n) is 4.77.